The van der Waals surface area contributed by atoms with Gasteiger partial charge in [0.2, 0.25) is 5.91 Å². The standard InChI is InChI=1S/C15H13N3O3S/c19-15(10-22-14-3-1-2-7-16-14)17-8-6-11-9-12(18(20)21)4-5-13(11)17/h1-5,7,9H,6,8,10H2. The molecule has 1 aliphatic rings. The van der Waals surface area contributed by atoms with E-state index in [1.54, 1.807) is 23.2 Å². The summed E-state index contributed by atoms with van der Waals surface area (Å²) in [6.07, 6.45) is 2.34. The summed E-state index contributed by atoms with van der Waals surface area (Å²) < 4.78 is 0. The van der Waals surface area contributed by atoms with E-state index in [9.17, 15) is 14.9 Å². The lowest BCUT2D eigenvalue weighted by Gasteiger charge is -2.16. The number of non-ortho nitro benzene ring substituents is 1. The Labute approximate surface area is 131 Å². The van der Waals surface area contributed by atoms with Gasteiger partial charge in [0.15, 0.2) is 0 Å². The lowest BCUT2D eigenvalue weighted by Crippen LogP contribution is -2.30. The number of aromatic nitrogens is 1. The molecule has 0 saturated heterocycles. The summed E-state index contributed by atoms with van der Waals surface area (Å²) in [6.45, 7) is 0.568. The number of benzene rings is 1. The zero-order chi connectivity index (χ0) is 15.5. The first-order valence-corrected chi connectivity index (χ1v) is 7.75. The summed E-state index contributed by atoms with van der Waals surface area (Å²) in [4.78, 5) is 28.6. The zero-order valence-corrected chi connectivity index (χ0v) is 12.5. The summed E-state index contributed by atoms with van der Waals surface area (Å²) in [5, 5.41) is 11.6. The highest BCUT2D eigenvalue weighted by molar-refractivity contribution is 7.99. The molecule has 1 amide bonds. The Morgan fingerprint density at radius 1 is 1.36 bits per heavy atom. The van der Waals surface area contributed by atoms with Crippen LogP contribution < -0.4 is 4.90 Å². The zero-order valence-electron chi connectivity index (χ0n) is 11.6. The molecule has 0 radical (unpaired) electrons. The van der Waals surface area contributed by atoms with Crippen molar-refractivity contribution in [2.75, 3.05) is 17.2 Å². The SMILES string of the molecule is O=C(CSc1ccccn1)N1CCc2cc([N+](=O)[O-])ccc21. The van der Waals surface area contributed by atoms with E-state index in [2.05, 4.69) is 4.98 Å². The smallest absolute Gasteiger partial charge is 0.269 e. The molecule has 0 aliphatic carbocycles. The molecule has 0 N–H and O–H groups in total. The summed E-state index contributed by atoms with van der Waals surface area (Å²) in [5.74, 6) is 0.288. The molecule has 0 unspecified atom stereocenters. The molecule has 6 nitrogen and oxygen atoms in total. The van der Waals surface area contributed by atoms with E-state index in [1.165, 1.54) is 17.8 Å². The van der Waals surface area contributed by atoms with Crippen molar-refractivity contribution in [2.24, 2.45) is 0 Å². The first-order valence-electron chi connectivity index (χ1n) is 6.76. The van der Waals surface area contributed by atoms with Crippen molar-refractivity contribution in [3.05, 3.63) is 58.3 Å². The number of nitrogens with zero attached hydrogens (tertiary/aromatic N) is 3. The highest BCUT2D eigenvalue weighted by Gasteiger charge is 2.26. The van der Waals surface area contributed by atoms with Gasteiger partial charge in [-0.05, 0) is 30.2 Å². The number of hydrogen-bond donors (Lipinski definition) is 0. The van der Waals surface area contributed by atoms with Gasteiger partial charge in [-0.1, -0.05) is 17.8 Å². The van der Waals surface area contributed by atoms with Crippen LogP contribution in [0.25, 0.3) is 0 Å². The number of fused-ring (bicyclic) bond motifs is 1. The molecule has 7 heteroatoms. The van der Waals surface area contributed by atoms with Gasteiger partial charge in [0.05, 0.1) is 15.7 Å². The maximum Gasteiger partial charge on any atom is 0.269 e. The second kappa shape index (κ2) is 6.15. The van der Waals surface area contributed by atoms with Crippen LogP contribution in [-0.2, 0) is 11.2 Å². The fourth-order valence-corrected chi connectivity index (χ4v) is 3.14. The van der Waals surface area contributed by atoms with Crippen molar-refractivity contribution < 1.29 is 9.72 Å². The molecule has 2 aromatic rings. The largest absolute Gasteiger partial charge is 0.311 e. The molecule has 0 spiro atoms. The number of amides is 1. The predicted octanol–water partition coefficient (Wildman–Crippen LogP) is 2.67. The number of carbonyl (C=O) groups is 1. The van der Waals surface area contributed by atoms with Gasteiger partial charge < -0.3 is 4.90 Å². The first-order chi connectivity index (χ1) is 10.6. The van der Waals surface area contributed by atoms with E-state index in [0.717, 1.165) is 16.3 Å². The highest BCUT2D eigenvalue weighted by Crippen LogP contribution is 2.31. The molecule has 2 heterocycles. The molecule has 0 fully saturated rings. The number of hydrogen-bond acceptors (Lipinski definition) is 5. The summed E-state index contributed by atoms with van der Waals surface area (Å²) >= 11 is 1.39. The Bertz CT molecular complexity index is 721. The average Bonchev–Trinajstić information content (AvgIpc) is 2.96. The molecule has 1 aliphatic heterocycles. The van der Waals surface area contributed by atoms with Gasteiger partial charge in [0, 0.05) is 30.6 Å². The van der Waals surface area contributed by atoms with E-state index in [4.69, 9.17) is 0 Å². The maximum absolute atomic E-state index is 12.3. The third kappa shape index (κ3) is 2.94. The number of rotatable bonds is 4. The van der Waals surface area contributed by atoms with Gasteiger partial charge in [0.1, 0.15) is 0 Å². The highest BCUT2D eigenvalue weighted by atomic mass is 32.2. The molecule has 0 saturated carbocycles. The second-order valence-electron chi connectivity index (χ2n) is 4.82. The van der Waals surface area contributed by atoms with Gasteiger partial charge in [-0.15, -0.1) is 0 Å². The average molecular weight is 315 g/mol. The van der Waals surface area contributed by atoms with Crippen molar-refractivity contribution in [1.82, 2.24) is 4.98 Å². The number of pyridine rings is 1. The summed E-state index contributed by atoms with van der Waals surface area (Å²) in [7, 11) is 0. The molecule has 0 bridgehead atoms. The van der Waals surface area contributed by atoms with Gasteiger partial charge in [-0.2, -0.15) is 0 Å². The number of thioether (sulfide) groups is 1. The van der Waals surface area contributed by atoms with Crippen LogP contribution in [0.4, 0.5) is 11.4 Å². The van der Waals surface area contributed by atoms with Crippen molar-refractivity contribution in [3.8, 4) is 0 Å². The van der Waals surface area contributed by atoms with E-state index in [0.29, 0.717) is 18.7 Å². The monoisotopic (exact) mass is 315 g/mol. The Balaban J connectivity index is 1.70. The molecule has 0 atom stereocenters. The number of nitro benzene ring substituents is 1. The minimum atomic E-state index is -0.415. The maximum atomic E-state index is 12.3. The Hall–Kier alpha value is -2.41. The van der Waals surface area contributed by atoms with Gasteiger partial charge in [0.25, 0.3) is 5.69 Å². The van der Waals surface area contributed by atoms with Crippen molar-refractivity contribution in [3.63, 3.8) is 0 Å². The minimum absolute atomic E-state index is 0.0109. The number of carbonyl (C=O) groups excluding carboxylic acids is 1. The molecule has 3 rings (SSSR count). The third-order valence-corrected chi connectivity index (χ3v) is 4.38. The molecule has 1 aromatic heterocycles. The van der Waals surface area contributed by atoms with Crippen LogP contribution in [-0.4, -0.2) is 28.1 Å². The normalized spacial score (nSPS) is 13.0. The van der Waals surface area contributed by atoms with E-state index in [-0.39, 0.29) is 11.6 Å². The molecular weight excluding hydrogens is 302 g/mol. The minimum Gasteiger partial charge on any atom is -0.311 e. The molecule has 22 heavy (non-hydrogen) atoms. The van der Waals surface area contributed by atoms with Crippen LogP contribution in [0.3, 0.4) is 0 Å². The Kier molecular flexibility index (Phi) is 4.06. The van der Waals surface area contributed by atoms with Gasteiger partial charge in [-0.25, -0.2) is 4.98 Å². The quantitative estimate of drug-likeness (QED) is 0.492. The lowest BCUT2D eigenvalue weighted by molar-refractivity contribution is -0.384. The van der Waals surface area contributed by atoms with Crippen LogP contribution in [0.1, 0.15) is 5.56 Å². The van der Waals surface area contributed by atoms with Gasteiger partial charge in [-0.3, -0.25) is 14.9 Å². The van der Waals surface area contributed by atoms with Crippen LogP contribution in [0.5, 0.6) is 0 Å². The third-order valence-electron chi connectivity index (χ3n) is 3.45. The Morgan fingerprint density at radius 3 is 2.95 bits per heavy atom. The molecule has 1 aromatic carbocycles. The van der Waals surface area contributed by atoms with Crippen LogP contribution in [0, 0.1) is 10.1 Å². The fourth-order valence-electron chi connectivity index (χ4n) is 2.41. The second-order valence-corrected chi connectivity index (χ2v) is 5.82. The molecular formula is C15H13N3O3S. The first kappa shape index (κ1) is 14.5. The van der Waals surface area contributed by atoms with E-state index >= 15 is 0 Å². The van der Waals surface area contributed by atoms with Crippen molar-refractivity contribution in [2.45, 2.75) is 11.4 Å². The van der Waals surface area contributed by atoms with Gasteiger partial charge >= 0.3 is 0 Å². The van der Waals surface area contributed by atoms with E-state index in [1.807, 2.05) is 18.2 Å². The van der Waals surface area contributed by atoms with Crippen molar-refractivity contribution in [1.29, 1.82) is 0 Å². The number of anilines is 1. The van der Waals surface area contributed by atoms with Crippen LogP contribution in [0.15, 0.2) is 47.6 Å². The predicted molar refractivity (Wildman–Crippen MR) is 84.1 cm³/mol. The van der Waals surface area contributed by atoms with Crippen molar-refractivity contribution >= 4 is 29.0 Å². The topological polar surface area (TPSA) is 76.3 Å². The lowest BCUT2D eigenvalue weighted by atomic mass is 10.1. The fraction of sp³-hybridized carbons (Fsp3) is 0.200. The summed E-state index contributed by atoms with van der Waals surface area (Å²) in [6, 6.07) is 10.2. The molecule has 112 valence electrons. The number of nitro groups is 1. The van der Waals surface area contributed by atoms with Crippen LogP contribution in [0.2, 0.25) is 0 Å². The Morgan fingerprint density at radius 2 is 2.23 bits per heavy atom. The van der Waals surface area contributed by atoms with E-state index < -0.39 is 4.92 Å². The van der Waals surface area contributed by atoms with Crippen LogP contribution >= 0.6 is 11.8 Å². The summed E-state index contributed by atoms with van der Waals surface area (Å²) in [5.41, 5.74) is 1.69.